The molecule has 0 fully saturated rings. The van der Waals surface area contributed by atoms with E-state index in [4.69, 9.17) is 15.4 Å². The number of nitriles is 1. The Morgan fingerprint density at radius 1 is 2.00 bits per heavy atom. The highest BCUT2D eigenvalue weighted by Gasteiger charge is 1.80. The SMILES string of the molecule is N#CN[N+](=O)[O-]. The fourth-order valence-corrected chi connectivity index (χ4v) is 0.0408. The molecule has 0 atom stereocenters. The van der Waals surface area contributed by atoms with E-state index in [0.717, 1.165) is 6.19 Å². The Balaban J connectivity index is 3.13. The van der Waals surface area contributed by atoms with Crippen molar-refractivity contribution in [2.45, 2.75) is 0 Å². The third kappa shape index (κ3) is 2.69. The van der Waals surface area contributed by atoms with Crippen molar-refractivity contribution in [3.63, 3.8) is 0 Å². The Labute approximate surface area is 33.3 Å². The van der Waals surface area contributed by atoms with Crippen LogP contribution in [0.5, 0.6) is 0 Å². The summed E-state index contributed by atoms with van der Waals surface area (Å²) in [5.41, 5.74) is 1.24. The number of hydrogen-bond donors (Lipinski definition) is 1. The maximum Gasteiger partial charge on any atom is 0.241 e. The van der Waals surface area contributed by atoms with Crippen molar-refractivity contribution in [3.05, 3.63) is 10.1 Å². The van der Waals surface area contributed by atoms with Gasteiger partial charge in [0, 0.05) is 0 Å². The normalized spacial score (nSPS) is 5.83. The van der Waals surface area contributed by atoms with Crippen molar-refractivity contribution in [2.24, 2.45) is 0 Å². The van der Waals surface area contributed by atoms with E-state index in [1.807, 2.05) is 0 Å². The molecule has 0 amide bonds. The van der Waals surface area contributed by atoms with Crippen LogP contribution in [0.1, 0.15) is 0 Å². The second-order valence-corrected chi connectivity index (χ2v) is 0.481. The number of rotatable bonds is 1. The van der Waals surface area contributed by atoms with Crippen LogP contribution in [0.2, 0.25) is 0 Å². The summed E-state index contributed by atoms with van der Waals surface area (Å²) in [7, 11) is 0. The highest BCUT2D eigenvalue weighted by molar-refractivity contribution is 4.51. The molecule has 0 saturated heterocycles. The van der Waals surface area contributed by atoms with E-state index in [0.29, 0.717) is 0 Å². The van der Waals surface area contributed by atoms with Gasteiger partial charge in [-0.15, -0.1) is 0 Å². The van der Waals surface area contributed by atoms with E-state index in [2.05, 4.69) is 0 Å². The van der Waals surface area contributed by atoms with Gasteiger partial charge in [0.2, 0.25) is 6.19 Å². The topological polar surface area (TPSA) is 79.0 Å². The Morgan fingerprint density at radius 3 is 2.50 bits per heavy atom. The molecule has 5 heteroatoms. The molecule has 0 aliphatic heterocycles. The Morgan fingerprint density at radius 2 is 2.50 bits per heavy atom. The molecule has 0 aromatic rings. The maximum atomic E-state index is 9.07. The van der Waals surface area contributed by atoms with Gasteiger partial charge in [0.1, 0.15) is 0 Å². The molecule has 0 saturated carbocycles. The van der Waals surface area contributed by atoms with Gasteiger partial charge < -0.3 is 0 Å². The van der Waals surface area contributed by atoms with Crippen LogP contribution in [0.4, 0.5) is 0 Å². The van der Waals surface area contributed by atoms with Crippen molar-refractivity contribution in [1.29, 1.82) is 5.26 Å². The predicted octanol–water partition coefficient (Wildman–Crippen LogP) is -0.751. The molecule has 0 radical (unpaired) electrons. The van der Waals surface area contributed by atoms with Crippen molar-refractivity contribution in [1.82, 2.24) is 5.43 Å². The van der Waals surface area contributed by atoms with Gasteiger partial charge in [0.15, 0.2) is 5.03 Å². The van der Waals surface area contributed by atoms with Gasteiger partial charge in [-0.1, -0.05) is 0 Å². The average Bonchev–Trinajstić information content (AvgIpc) is 1.35. The fraction of sp³-hybridized carbons (Fsp3) is 0. The number of nitrogens with zero attached hydrogens (tertiary/aromatic N) is 2. The molecule has 0 aliphatic rings. The van der Waals surface area contributed by atoms with E-state index in [1.165, 1.54) is 5.43 Å². The zero-order valence-electron chi connectivity index (χ0n) is 2.71. The van der Waals surface area contributed by atoms with E-state index >= 15 is 0 Å². The molecule has 0 bridgehead atoms. The van der Waals surface area contributed by atoms with Gasteiger partial charge in [-0.2, -0.15) is 5.26 Å². The first-order valence-electron chi connectivity index (χ1n) is 1.06. The lowest BCUT2D eigenvalue weighted by molar-refractivity contribution is -0.529. The second-order valence-electron chi connectivity index (χ2n) is 0.481. The first-order valence-corrected chi connectivity index (χ1v) is 1.06. The molecule has 0 aromatic heterocycles. The third-order valence-corrected chi connectivity index (χ3v) is 0.141. The Bertz CT molecular complexity index is 91.5. The van der Waals surface area contributed by atoms with Crippen LogP contribution in [-0.2, 0) is 0 Å². The summed E-state index contributed by atoms with van der Waals surface area (Å²) in [6.45, 7) is 0. The molecule has 0 spiro atoms. The minimum atomic E-state index is -0.931. The number of nitro groups is 1. The Hall–Kier alpha value is -1.31. The smallest absolute Gasteiger partial charge is 0.234 e. The lowest BCUT2D eigenvalue weighted by Gasteiger charge is -1.73. The number of hydrogen-bond acceptors (Lipinski definition) is 3. The number of hydrazine groups is 1. The molecule has 5 nitrogen and oxygen atoms in total. The molecular weight excluding hydrogens is 86.0 g/mol. The van der Waals surface area contributed by atoms with Crippen LogP contribution in [0, 0.1) is 21.6 Å². The summed E-state index contributed by atoms with van der Waals surface area (Å²) in [4.78, 5) is 9.07. The van der Waals surface area contributed by atoms with E-state index < -0.39 is 5.03 Å². The van der Waals surface area contributed by atoms with E-state index in [-0.39, 0.29) is 0 Å². The molecular formula is CHN3O2. The quantitative estimate of drug-likeness (QED) is 0.197. The fourth-order valence-electron chi connectivity index (χ4n) is 0.0408. The first-order chi connectivity index (χ1) is 2.77. The third-order valence-electron chi connectivity index (χ3n) is 0.141. The first kappa shape index (κ1) is 4.69. The van der Waals surface area contributed by atoms with Crippen molar-refractivity contribution in [3.8, 4) is 6.19 Å². The van der Waals surface area contributed by atoms with Crippen molar-refractivity contribution >= 4 is 0 Å². The van der Waals surface area contributed by atoms with Crippen molar-refractivity contribution < 1.29 is 5.03 Å². The summed E-state index contributed by atoms with van der Waals surface area (Å²) in [6.07, 6.45) is 1.12. The zero-order chi connectivity index (χ0) is 4.99. The lowest BCUT2D eigenvalue weighted by Crippen LogP contribution is -2.13. The molecule has 0 aromatic carbocycles. The van der Waals surface area contributed by atoms with Crippen LogP contribution in [0.3, 0.4) is 0 Å². The van der Waals surface area contributed by atoms with Gasteiger partial charge >= 0.3 is 0 Å². The average molecular weight is 87.0 g/mol. The Kier molecular flexibility index (Phi) is 1.53. The lowest BCUT2D eigenvalue weighted by atomic mass is 11.4. The van der Waals surface area contributed by atoms with E-state index in [9.17, 15) is 0 Å². The van der Waals surface area contributed by atoms with Crippen LogP contribution in [0.25, 0.3) is 0 Å². The minimum absolute atomic E-state index is 0.931. The molecule has 6 heavy (non-hydrogen) atoms. The van der Waals surface area contributed by atoms with Gasteiger partial charge in [-0.3, -0.25) is 0 Å². The van der Waals surface area contributed by atoms with Gasteiger partial charge in [0.05, 0.1) is 0 Å². The van der Waals surface area contributed by atoms with Crippen LogP contribution in [-0.4, -0.2) is 5.03 Å². The summed E-state index contributed by atoms with van der Waals surface area (Å²) in [5, 5.41) is 15.6. The molecule has 0 rings (SSSR count). The van der Waals surface area contributed by atoms with Crippen molar-refractivity contribution in [2.75, 3.05) is 0 Å². The van der Waals surface area contributed by atoms with Crippen LogP contribution >= 0.6 is 0 Å². The molecule has 32 valence electrons. The predicted molar refractivity (Wildman–Crippen MR) is 15.7 cm³/mol. The monoisotopic (exact) mass is 87.0 g/mol. The van der Waals surface area contributed by atoms with Gasteiger partial charge in [-0.25, -0.2) is 10.1 Å². The highest BCUT2D eigenvalue weighted by Crippen LogP contribution is 1.46. The second kappa shape index (κ2) is 1.96. The summed E-state index contributed by atoms with van der Waals surface area (Å²) in [6, 6.07) is 0. The van der Waals surface area contributed by atoms with Crippen LogP contribution in [0.15, 0.2) is 0 Å². The zero-order valence-corrected chi connectivity index (χ0v) is 2.71. The minimum Gasteiger partial charge on any atom is -0.234 e. The highest BCUT2D eigenvalue weighted by atomic mass is 16.7. The number of nitrogens with one attached hydrogen (secondary N) is 1. The van der Waals surface area contributed by atoms with Gasteiger partial charge in [-0.05, 0) is 5.43 Å². The molecule has 0 aliphatic carbocycles. The molecule has 0 unspecified atom stereocenters. The summed E-state index contributed by atoms with van der Waals surface area (Å²) < 4.78 is 0. The van der Waals surface area contributed by atoms with Crippen LogP contribution < -0.4 is 5.43 Å². The molecule has 0 heterocycles. The summed E-state index contributed by atoms with van der Waals surface area (Å²) in [5.74, 6) is 0. The van der Waals surface area contributed by atoms with E-state index in [1.54, 1.807) is 0 Å². The largest absolute Gasteiger partial charge is 0.241 e. The summed E-state index contributed by atoms with van der Waals surface area (Å²) >= 11 is 0. The molecule has 1 N–H and O–H groups in total. The maximum absolute atomic E-state index is 9.07. The van der Waals surface area contributed by atoms with Gasteiger partial charge in [0.25, 0.3) is 0 Å². The standard InChI is InChI=1S/CHN3O2/c2-1-3-4(5)6/h3H.